The fourth-order valence-electron chi connectivity index (χ4n) is 1.75. The highest BCUT2D eigenvalue weighted by molar-refractivity contribution is 5.33. The van der Waals surface area contributed by atoms with Gasteiger partial charge in [-0.1, -0.05) is 0 Å². The summed E-state index contributed by atoms with van der Waals surface area (Å²) in [4.78, 5) is 4.11. The van der Waals surface area contributed by atoms with Crippen LogP contribution in [0.4, 0.5) is 4.39 Å². The van der Waals surface area contributed by atoms with Crippen molar-refractivity contribution in [1.82, 2.24) is 20.1 Å². The van der Waals surface area contributed by atoms with Crippen LogP contribution in [0, 0.1) is 17.1 Å². The molecule has 0 amide bonds. The molecule has 0 aliphatic heterocycles. The van der Waals surface area contributed by atoms with E-state index in [0.717, 1.165) is 11.4 Å². The molecule has 5 nitrogen and oxygen atoms in total. The monoisotopic (exact) mass is 259 g/mol. The average molecular weight is 259 g/mol. The molecule has 1 N–H and O–H groups in total. The topological polar surface area (TPSA) is 66.5 Å². The van der Waals surface area contributed by atoms with E-state index in [-0.39, 0.29) is 5.82 Å². The normalized spacial score (nSPS) is 10.4. The largest absolute Gasteiger partial charge is 0.312 e. The smallest absolute Gasteiger partial charge is 0.151 e. The Morgan fingerprint density at radius 2 is 2.26 bits per heavy atom. The average Bonchev–Trinajstić information content (AvgIpc) is 2.80. The van der Waals surface area contributed by atoms with Gasteiger partial charge in [-0.3, -0.25) is 4.68 Å². The van der Waals surface area contributed by atoms with Gasteiger partial charge in [0.2, 0.25) is 0 Å². The standard InChI is InChI=1S/C13H14FN5/c1-19-9-17-13(18-19)2-3-16-8-11-4-10(7-15)5-12(14)6-11/h4-6,9,16H,2-3,8H2,1H3. The van der Waals surface area contributed by atoms with Crippen molar-refractivity contribution in [3.8, 4) is 6.07 Å². The first-order chi connectivity index (χ1) is 9.17. The Labute approximate surface area is 110 Å². The molecule has 19 heavy (non-hydrogen) atoms. The third kappa shape index (κ3) is 3.86. The van der Waals surface area contributed by atoms with Gasteiger partial charge in [-0.05, 0) is 23.8 Å². The van der Waals surface area contributed by atoms with E-state index in [4.69, 9.17) is 5.26 Å². The van der Waals surface area contributed by atoms with Gasteiger partial charge in [-0.25, -0.2) is 9.37 Å². The summed E-state index contributed by atoms with van der Waals surface area (Å²) in [5.74, 6) is 0.384. The van der Waals surface area contributed by atoms with Crippen molar-refractivity contribution in [2.75, 3.05) is 6.54 Å². The van der Waals surface area contributed by atoms with Crippen LogP contribution in [0.25, 0.3) is 0 Å². The molecule has 0 aliphatic carbocycles. The molecule has 2 rings (SSSR count). The fraction of sp³-hybridized carbons (Fsp3) is 0.308. The van der Waals surface area contributed by atoms with Gasteiger partial charge in [0.1, 0.15) is 12.1 Å². The van der Waals surface area contributed by atoms with Crippen molar-refractivity contribution in [1.29, 1.82) is 5.26 Å². The number of halogens is 1. The van der Waals surface area contributed by atoms with Crippen molar-refractivity contribution in [2.24, 2.45) is 7.05 Å². The summed E-state index contributed by atoms with van der Waals surface area (Å²) in [5, 5.41) is 16.1. The third-order valence-electron chi connectivity index (χ3n) is 2.59. The molecular weight excluding hydrogens is 245 g/mol. The Morgan fingerprint density at radius 3 is 2.95 bits per heavy atom. The highest BCUT2D eigenvalue weighted by atomic mass is 19.1. The number of nitriles is 1. The first-order valence-corrected chi connectivity index (χ1v) is 5.92. The zero-order chi connectivity index (χ0) is 13.7. The van der Waals surface area contributed by atoms with E-state index in [0.29, 0.717) is 25.1 Å². The van der Waals surface area contributed by atoms with Crippen LogP contribution in [0.15, 0.2) is 24.5 Å². The fourth-order valence-corrected chi connectivity index (χ4v) is 1.75. The van der Waals surface area contributed by atoms with Gasteiger partial charge in [0, 0.05) is 26.6 Å². The maximum Gasteiger partial charge on any atom is 0.151 e. The minimum atomic E-state index is -0.387. The van der Waals surface area contributed by atoms with E-state index in [2.05, 4.69) is 15.4 Å². The lowest BCUT2D eigenvalue weighted by molar-refractivity contribution is 0.617. The van der Waals surface area contributed by atoms with Crippen molar-refractivity contribution in [2.45, 2.75) is 13.0 Å². The summed E-state index contributed by atoms with van der Waals surface area (Å²) in [5.41, 5.74) is 1.09. The van der Waals surface area contributed by atoms with Crippen molar-refractivity contribution >= 4 is 0 Å². The molecule has 0 aliphatic rings. The molecule has 1 aromatic carbocycles. The van der Waals surface area contributed by atoms with E-state index in [1.165, 1.54) is 12.1 Å². The van der Waals surface area contributed by atoms with E-state index in [1.807, 2.05) is 13.1 Å². The minimum Gasteiger partial charge on any atom is -0.312 e. The van der Waals surface area contributed by atoms with Crippen LogP contribution in [-0.4, -0.2) is 21.3 Å². The maximum absolute atomic E-state index is 13.2. The lowest BCUT2D eigenvalue weighted by atomic mass is 10.1. The number of benzene rings is 1. The first kappa shape index (κ1) is 13.2. The molecule has 0 spiro atoms. The number of rotatable bonds is 5. The summed E-state index contributed by atoms with van der Waals surface area (Å²) in [6, 6.07) is 6.26. The molecule has 0 bridgehead atoms. The number of aromatic nitrogens is 3. The van der Waals surface area contributed by atoms with Gasteiger partial charge in [0.15, 0.2) is 5.82 Å². The van der Waals surface area contributed by atoms with Crippen LogP contribution >= 0.6 is 0 Å². The molecule has 98 valence electrons. The molecule has 1 heterocycles. The number of hydrogen-bond donors (Lipinski definition) is 1. The quantitative estimate of drug-likeness (QED) is 0.818. The molecule has 0 unspecified atom stereocenters. The molecule has 0 saturated carbocycles. The summed E-state index contributed by atoms with van der Waals surface area (Å²) >= 11 is 0. The first-order valence-electron chi connectivity index (χ1n) is 5.92. The van der Waals surface area contributed by atoms with Crippen LogP contribution in [0.1, 0.15) is 17.0 Å². The summed E-state index contributed by atoms with van der Waals surface area (Å²) in [6.07, 6.45) is 2.36. The van der Waals surface area contributed by atoms with E-state index < -0.39 is 0 Å². The molecule has 0 radical (unpaired) electrons. The van der Waals surface area contributed by atoms with Gasteiger partial charge in [0.05, 0.1) is 11.6 Å². The van der Waals surface area contributed by atoms with E-state index in [1.54, 1.807) is 17.1 Å². The van der Waals surface area contributed by atoms with E-state index >= 15 is 0 Å². The van der Waals surface area contributed by atoms with Crippen LogP contribution in [0.2, 0.25) is 0 Å². The zero-order valence-corrected chi connectivity index (χ0v) is 10.6. The van der Waals surface area contributed by atoms with Crippen LogP contribution in [-0.2, 0) is 20.0 Å². The highest BCUT2D eigenvalue weighted by Gasteiger charge is 2.01. The predicted octanol–water partition coefficient (Wildman–Crippen LogP) is 1.16. The summed E-state index contributed by atoms with van der Waals surface area (Å²) in [7, 11) is 1.82. The van der Waals surface area contributed by atoms with Gasteiger partial charge in [-0.2, -0.15) is 10.4 Å². The second kappa shape index (κ2) is 6.07. The molecule has 0 atom stereocenters. The van der Waals surface area contributed by atoms with E-state index in [9.17, 15) is 4.39 Å². The predicted molar refractivity (Wildman–Crippen MR) is 67.5 cm³/mol. The SMILES string of the molecule is Cn1cnc(CCNCc2cc(F)cc(C#N)c2)n1. The number of nitrogens with one attached hydrogen (secondary N) is 1. The number of aryl methyl sites for hydroxylation is 1. The highest BCUT2D eigenvalue weighted by Crippen LogP contribution is 2.08. The third-order valence-corrected chi connectivity index (χ3v) is 2.59. The summed E-state index contributed by atoms with van der Waals surface area (Å²) in [6.45, 7) is 1.21. The maximum atomic E-state index is 13.2. The Balaban J connectivity index is 1.83. The van der Waals surface area contributed by atoms with Gasteiger partial charge in [0.25, 0.3) is 0 Å². The van der Waals surface area contributed by atoms with Crippen LogP contribution in [0.3, 0.4) is 0 Å². The van der Waals surface area contributed by atoms with Crippen molar-refractivity contribution < 1.29 is 4.39 Å². The van der Waals surface area contributed by atoms with Crippen molar-refractivity contribution in [3.05, 3.63) is 47.3 Å². The lowest BCUT2D eigenvalue weighted by Crippen LogP contribution is -2.17. The van der Waals surface area contributed by atoms with Crippen LogP contribution in [0.5, 0.6) is 0 Å². The summed E-state index contributed by atoms with van der Waals surface area (Å²) < 4.78 is 14.8. The van der Waals surface area contributed by atoms with Gasteiger partial charge < -0.3 is 5.32 Å². The second-order valence-corrected chi connectivity index (χ2v) is 4.22. The molecule has 1 aromatic heterocycles. The lowest BCUT2D eigenvalue weighted by Gasteiger charge is -2.04. The molecule has 0 fully saturated rings. The van der Waals surface area contributed by atoms with Crippen LogP contribution < -0.4 is 5.32 Å². The number of nitrogens with zero attached hydrogens (tertiary/aromatic N) is 4. The molecule has 2 aromatic rings. The Kier molecular flexibility index (Phi) is 4.21. The number of hydrogen-bond acceptors (Lipinski definition) is 4. The van der Waals surface area contributed by atoms with Gasteiger partial charge >= 0.3 is 0 Å². The van der Waals surface area contributed by atoms with Crippen molar-refractivity contribution in [3.63, 3.8) is 0 Å². The molecule has 6 heteroatoms. The Hall–Kier alpha value is -2.26. The second-order valence-electron chi connectivity index (χ2n) is 4.22. The zero-order valence-electron chi connectivity index (χ0n) is 10.6. The Morgan fingerprint density at radius 1 is 1.42 bits per heavy atom. The minimum absolute atomic E-state index is 0.336. The van der Waals surface area contributed by atoms with Gasteiger partial charge in [-0.15, -0.1) is 0 Å². The molecular formula is C13H14FN5. The Bertz CT molecular complexity index is 599. The molecule has 0 saturated heterocycles.